The number of pyridine rings is 1. The molecule has 3 heterocycles. The van der Waals surface area contributed by atoms with Crippen molar-refractivity contribution in [2.45, 2.75) is 19.4 Å². The lowest BCUT2D eigenvalue weighted by molar-refractivity contribution is 0.510. The summed E-state index contributed by atoms with van der Waals surface area (Å²) in [7, 11) is -2.91. The SMILES string of the molecule is Cc1ccnc2nc(CC3CS(=O)(=O)CCN3)[nH]c12. The molecule has 7 heteroatoms. The molecular weight excluding hydrogens is 264 g/mol. The fourth-order valence-corrected chi connectivity index (χ4v) is 3.86. The number of nitrogens with one attached hydrogen (secondary N) is 2. The van der Waals surface area contributed by atoms with Crippen LogP contribution in [0.1, 0.15) is 11.4 Å². The Labute approximate surface area is 111 Å². The van der Waals surface area contributed by atoms with Crippen LogP contribution >= 0.6 is 0 Å². The minimum Gasteiger partial charge on any atom is -0.340 e. The molecular formula is C12H16N4O2S. The van der Waals surface area contributed by atoms with Crippen LogP contribution in [0.15, 0.2) is 12.3 Å². The van der Waals surface area contributed by atoms with Crippen molar-refractivity contribution in [1.29, 1.82) is 0 Å². The number of imidazole rings is 1. The van der Waals surface area contributed by atoms with Crippen molar-refractivity contribution in [3.63, 3.8) is 0 Å². The highest BCUT2D eigenvalue weighted by molar-refractivity contribution is 7.91. The molecule has 0 amide bonds. The Kier molecular flexibility index (Phi) is 3.02. The summed E-state index contributed by atoms with van der Waals surface area (Å²) < 4.78 is 23.2. The van der Waals surface area contributed by atoms with Gasteiger partial charge in [0.1, 0.15) is 5.82 Å². The molecule has 1 unspecified atom stereocenters. The van der Waals surface area contributed by atoms with E-state index in [1.54, 1.807) is 6.20 Å². The average Bonchev–Trinajstić information content (AvgIpc) is 2.71. The zero-order valence-electron chi connectivity index (χ0n) is 10.7. The summed E-state index contributed by atoms with van der Waals surface area (Å²) in [6, 6.07) is 1.85. The van der Waals surface area contributed by atoms with E-state index in [2.05, 4.69) is 20.3 Å². The minimum absolute atomic E-state index is 0.0698. The maximum atomic E-state index is 11.6. The third-order valence-corrected chi connectivity index (χ3v) is 5.13. The molecule has 0 aromatic carbocycles. The Morgan fingerprint density at radius 1 is 1.47 bits per heavy atom. The molecule has 3 rings (SSSR count). The lowest BCUT2D eigenvalue weighted by Crippen LogP contribution is -2.46. The molecule has 2 aromatic heterocycles. The van der Waals surface area contributed by atoms with E-state index in [4.69, 9.17) is 0 Å². The number of aromatic nitrogens is 3. The number of H-pyrrole nitrogens is 1. The van der Waals surface area contributed by atoms with Crippen molar-refractivity contribution < 1.29 is 8.42 Å². The molecule has 0 saturated carbocycles. The smallest absolute Gasteiger partial charge is 0.177 e. The monoisotopic (exact) mass is 280 g/mol. The third kappa shape index (κ3) is 2.62. The standard InChI is InChI=1S/C12H16N4O2S/c1-8-2-3-14-12-11(8)15-10(16-12)6-9-7-19(17,18)5-4-13-9/h2-3,9,13H,4-7H2,1H3,(H,14,15,16). The highest BCUT2D eigenvalue weighted by atomic mass is 32.2. The first-order valence-electron chi connectivity index (χ1n) is 6.27. The zero-order valence-corrected chi connectivity index (χ0v) is 11.5. The van der Waals surface area contributed by atoms with Gasteiger partial charge in [0, 0.05) is 25.2 Å². The maximum absolute atomic E-state index is 11.6. The summed E-state index contributed by atoms with van der Waals surface area (Å²) in [4.78, 5) is 11.8. The van der Waals surface area contributed by atoms with E-state index in [1.807, 2.05) is 13.0 Å². The van der Waals surface area contributed by atoms with E-state index in [-0.39, 0.29) is 17.5 Å². The Hall–Kier alpha value is -1.47. The van der Waals surface area contributed by atoms with Crippen LogP contribution in [-0.2, 0) is 16.3 Å². The Morgan fingerprint density at radius 3 is 3.05 bits per heavy atom. The van der Waals surface area contributed by atoms with E-state index in [0.29, 0.717) is 18.6 Å². The number of hydrogen-bond donors (Lipinski definition) is 2. The molecule has 0 radical (unpaired) electrons. The molecule has 6 nitrogen and oxygen atoms in total. The average molecular weight is 280 g/mol. The lowest BCUT2D eigenvalue weighted by atomic mass is 10.2. The van der Waals surface area contributed by atoms with Crippen molar-refractivity contribution in [3.8, 4) is 0 Å². The van der Waals surface area contributed by atoms with Crippen LogP contribution in [0.5, 0.6) is 0 Å². The predicted octanol–water partition coefficient (Wildman–Crippen LogP) is 0.195. The van der Waals surface area contributed by atoms with Gasteiger partial charge in [-0.15, -0.1) is 0 Å². The summed E-state index contributed by atoms with van der Waals surface area (Å²) in [6.45, 7) is 2.51. The van der Waals surface area contributed by atoms with Gasteiger partial charge in [0.2, 0.25) is 0 Å². The van der Waals surface area contributed by atoms with E-state index in [0.717, 1.165) is 16.9 Å². The highest BCUT2D eigenvalue weighted by Gasteiger charge is 2.25. The van der Waals surface area contributed by atoms with Crippen LogP contribution < -0.4 is 5.32 Å². The molecule has 0 bridgehead atoms. The van der Waals surface area contributed by atoms with Crippen molar-refractivity contribution in [2.75, 3.05) is 18.1 Å². The minimum atomic E-state index is -2.91. The van der Waals surface area contributed by atoms with Gasteiger partial charge in [-0.05, 0) is 18.6 Å². The van der Waals surface area contributed by atoms with Crippen LogP contribution in [0.2, 0.25) is 0 Å². The number of rotatable bonds is 2. The summed E-state index contributed by atoms with van der Waals surface area (Å²) in [5.41, 5.74) is 2.71. The number of hydrogen-bond acceptors (Lipinski definition) is 5. The Balaban J connectivity index is 1.84. The number of aromatic amines is 1. The van der Waals surface area contributed by atoms with Crippen molar-refractivity contribution >= 4 is 21.0 Å². The van der Waals surface area contributed by atoms with Crippen LogP contribution in [0.4, 0.5) is 0 Å². The van der Waals surface area contributed by atoms with Crippen molar-refractivity contribution in [2.24, 2.45) is 0 Å². The first-order chi connectivity index (χ1) is 9.03. The third-order valence-electron chi connectivity index (χ3n) is 3.39. The second-order valence-electron chi connectivity index (χ2n) is 4.98. The second-order valence-corrected chi connectivity index (χ2v) is 7.21. The van der Waals surface area contributed by atoms with Crippen LogP contribution in [0, 0.1) is 6.92 Å². The second kappa shape index (κ2) is 4.57. The van der Waals surface area contributed by atoms with E-state index in [1.165, 1.54) is 0 Å². The maximum Gasteiger partial charge on any atom is 0.177 e. The van der Waals surface area contributed by atoms with Gasteiger partial charge in [-0.2, -0.15) is 0 Å². The molecule has 0 spiro atoms. The Morgan fingerprint density at radius 2 is 2.32 bits per heavy atom. The van der Waals surface area contributed by atoms with Gasteiger partial charge < -0.3 is 10.3 Å². The fraction of sp³-hybridized carbons (Fsp3) is 0.500. The summed E-state index contributed by atoms with van der Waals surface area (Å²) in [5, 5.41) is 3.22. The van der Waals surface area contributed by atoms with Gasteiger partial charge >= 0.3 is 0 Å². The first kappa shape index (κ1) is 12.6. The predicted molar refractivity (Wildman–Crippen MR) is 72.8 cm³/mol. The summed E-state index contributed by atoms with van der Waals surface area (Å²) in [6.07, 6.45) is 2.31. The topological polar surface area (TPSA) is 87.7 Å². The van der Waals surface area contributed by atoms with Crippen LogP contribution in [0.25, 0.3) is 11.2 Å². The summed E-state index contributed by atoms with van der Waals surface area (Å²) in [5.74, 6) is 1.19. The highest BCUT2D eigenvalue weighted by Crippen LogP contribution is 2.14. The fourth-order valence-electron chi connectivity index (χ4n) is 2.41. The number of fused-ring (bicyclic) bond motifs is 1. The quantitative estimate of drug-likeness (QED) is 0.820. The van der Waals surface area contributed by atoms with Crippen LogP contribution in [-0.4, -0.2) is 47.5 Å². The van der Waals surface area contributed by atoms with E-state index in [9.17, 15) is 8.42 Å². The largest absolute Gasteiger partial charge is 0.340 e. The molecule has 0 aliphatic carbocycles. The molecule has 1 fully saturated rings. The number of nitrogens with zero attached hydrogens (tertiary/aromatic N) is 2. The van der Waals surface area contributed by atoms with Gasteiger partial charge in [0.15, 0.2) is 15.5 Å². The summed E-state index contributed by atoms with van der Waals surface area (Å²) >= 11 is 0. The molecule has 1 aliphatic heterocycles. The molecule has 1 saturated heterocycles. The van der Waals surface area contributed by atoms with E-state index >= 15 is 0 Å². The van der Waals surface area contributed by atoms with Gasteiger partial charge in [0.25, 0.3) is 0 Å². The molecule has 1 atom stereocenters. The van der Waals surface area contributed by atoms with Gasteiger partial charge in [-0.1, -0.05) is 0 Å². The Bertz CT molecular complexity index is 708. The number of sulfone groups is 1. The molecule has 2 aromatic rings. The molecule has 102 valence electrons. The van der Waals surface area contributed by atoms with E-state index < -0.39 is 9.84 Å². The zero-order chi connectivity index (χ0) is 13.5. The van der Waals surface area contributed by atoms with Gasteiger partial charge in [-0.3, -0.25) is 0 Å². The normalized spacial score (nSPS) is 22.7. The lowest BCUT2D eigenvalue weighted by Gasteiger charge is -2.22. The molecule has 19 heavy (non-hydrogen) atoms. The van der Waals surface area contributed by atoms with Crippen LogP contribution in [0.3, 0.4) is 0 Å². The van der Waals surface area contributed by atoms with Gasteiger partial charge in [-0.25, -0.2) is 18.4 Å². The van der Waals surface area contributed by atoms with Crippen molar-refractivity contribution in [1.82, 2.24) is 20.3 Å². The van der Waals surface area contributed by atoms with Crippen molar-refractivity contribution in [3.05, 3.63) is 23.7 Å². The number of aryl methyl sites for hydroxylation is 1. The molecule has 2 N–H and O–H groups in total. The molecule has 1 aliphatic rings. The van der Waals surface area contributed by atoms with Gasteiger partial charge in [0.05, 0.1) is 17.0 Å². The first-order valence-corrected chi connectivity index (χ1v) is 8.10.